The summed E-state index contributed by atoms with van der Waals surface area (Å²) in [6.45, 7) is 5.95. The molecule has 6 heteroatoms. The molecule has 6 nitrogen and oxygen atoms in total. The van der Waals surface area contributed by atoms with Crippen LogP contribution in [0.25, 0.3) is 0 Å². The number of rotatable bonds is 2. The number of morpholine rings is 1. The van der Waals surface area contributed by atoms with E-state index in [1.165, 1.54) is 0 Å². The van der Waals surface area contributed by atoms with Crippen LogP contribution in [0.3, 0.4) is 0 Å². The van der Waals surface area contributed by atoms with Crippen molar-refractivity contribution >= 4 is 11.9 Å². The lowest BCUT2D eigenvalue weighted by molar-refractivity contribution is -0.125. The Bertz CT molecular complexity index is 212. The van der Waals surface area contributed by atoms with Crippen LogP contribution in [0.4, 0.5) is 4.79 Å². The summed E-state index contributed by atoms with van der Waals surface area (Å²) in [4.78, 5) is 24.6. The maximum Gasteiger partial charge on any atom is 0.322 e. The van der Waals surface area contributed by atoms with E-state index in [-0.39, 0.29) is 6.67 Å². The number of carbonyl (C=O) groups is 2. The lowest BCUT2D eigenvalue weighted by Crippen LogP contribution is -2.49. The van der Waals surface area contributed by atoms with E-state index in [2.05, 4.69) is 6.92 Å². The molecular weight excluding hydrogens is 186 g/mol. The largest absolute Gasteiger partial charge is 0.379 e. The van der Waals surface area contributed by atoms with Crippen molar-refractivity contribution in [1.29, 1.82) is 0 Å². The Hall–Kier alpha value is -1.14. The molecule has 3 amide bonds. The molecular formula is C8H14N3O3. The van der Waals surface area contributed by atoms with Gasteiger partial charge in [-0.3, -0.25) is 14.6 Å². The molecule has 1 saturated heterocycles. The van der Waals surface area contributed by atoms with Crippen LogP contribution in [0, 0.1) is 6.92 Å². The fourth-order valence-electron chi connectivity index (χ4n) is 1.21. The van der Waals surface area contributed by atoms with Crippen molar-refractivity contribution in [2.75, 3.05) is 33.0 Å². The lowest BCUT2D eigenvalue weighted by atomic mass is 10.4. The highest BCUT2D eigenvalue weighted by Gasteiger charge is 2.19. The zero-order valence-electron chi connectivity index (χ0n) is 7.94. The third kappa shape index (κ3) is 2.97. The second-order valence-electron chi connectivity index (χ2n) is 3.03. The van der Waals surface area contributed by atoms with Crippen molar-refractivity contribution in [3.63, 3.8) is 0 Å². The van der Waals surface area contributed by atoms with Gasteiger partial charge in [-0.15, -0.1) is 0 Å². The molecule has 0 aromatic heterocycles. The Labute approximate surface area is 82.6 Å². The highest BCUT2D eigenvalue weighted by Crippen LogP contribution is 1.99. The van der Waals surface area contributed by atoms with Crippen LogP contribution in [0.5, 0.6) is 0 Å². The Kier molecular flexibility index (Phi) is 3.84. The first-order chi connectivity index (χ1) is 6.61. The maximum atomic E-state index is 10.9. The lowest BCUT2D eigenvalue weighted by Gasteiger charge is -2.30. The van der Waals surface area contributed by atoms with Gasteiger partial charge in [0.2, 0.25) is 5.91 Å². The van der Waals surface area contributed by atoms with E-state index in [0.717, 1.165) is 4.90 Å². The summed E-state index contributed by atoms with van der Waals surface area (Å²) < 4.78 is 5.13. The number of nitrogens with two attached hydrogens (primary N) is 1. The molecule has 1 aliphatic rings. The standard InChI is InChI=1S/C8H14N3O3/c1-7(12)11(8(9)13)6-10-2-4-14-5-3-10/h1-6H2,(H2,9,13). The molecule has 0 spiro atoms. The molecule has 14 heavy (non-hydrogen) atoms. The number of urea groups is 1. The molecule has 0 aromatic carbocycles. The van der Waals surface area contributed by atoms with Crippen LogP contribution in [0.15, 0.2) is 0 Å². The van der Waals surface area contributed by atoms with Crippen molar-refractivity contribution in [3.05, 3.63) is 6.92 Å². The normalized spacial score (nSPS) is 17.8. The first-order valence-electron chi connectivity index (χ1n) is 4.34. The number of ether oxygens (including phenoxy) is 1. The molecule has 79 valence electrons. The number of primary amides is 1. The van der Waals surface area contributed by atoms with Crippen molar-refractivity contribution in [1.82, 2.24) is 9.80 Å². The van der Waals surface area contributed by atoms with Crippen LogP contribution < -0.4 is 5.73 Å². The van der Waals surface area contributed by atoms with Gasteiger partial charge in [0.15, 0.2) is 0 Å². The summed E-state index contributed by atoms with van der Waals surface area (Å²) in [6.07, 6.45) is 0. The van der Waals surface area contributed by atoms with Gasteiger partial charge in [0, 0.05) is 20.0 Å². The first-order valence-corrected chi connectivity index (χ1v) is 4.34. The quantitative estimate of drug-likeness (QED) is 0.621. The van der Waals surface area contributed by atoms with E-state index in [1.54, 1.807) is 0 Å². The molecule has 2 N–H and O–H groups in total. The van der Waals surface area contributed by atoms with Gasteiger partial charge in [-0.2, -0.15) is 0 Å². The Morgan fingerprint density at radius 2 is 2.00 bits per heavy atom. The van der Waals surface area contributed by atoms with E-state index in [0.29, 0.717) is 26.3 Å². The average molecular weight is 200 g/mol. The van der Waals surface area contributed by atoms with E-state index in [9.17, 15) is 9.59 Å². The molecule has 1 rings (SSSR count). The van der Waals surface area contributed by atoms with E-state index < -0.39 is 11.9 Å². The van der Waals surface area contributed by atoms with Crippen molar-refractivity contribution in [2.45, 2.75) is 0 Å². The van der Waals surface area contributed by atoms with Crippen LogP contribution >= 0.6 is 0 Å². The first kappa shape index (κ1) is 10.9. The van der Waals surface area contributed by atoms with Gasteiger partial charge >= 0.3 is 6.03 Å². The minimum atomic E-state index is -0.767. The Balaban J connectivity index is 2.45. The fourth-order valence-corrected chi connectivity index (χ4v) is 1.21. The van der Waals surface area contributed by atoms with E-state index >= 15 is 0 Å². The zero-order chi connectivity index (χ0) is 10.6. The number of carbonyl (C=O) groups excluding carboxylic acids is 2. The van der Waals surface area contributed by atoms with Crippen LogP contribution in [0.2, 0.25) is 0 Å². The summed E-state index contributed by atoms with van der Waals surface area (Å²) in [5.41, 5.74) is 5.02. The predicted molar refractivity (Wildman–Crippen MR) is 49.0 cm³/mol. The summed E-state index contributed by atoms with van der Waals surface area (Å²) in [6, 6.07) is -0.767. The summed E-state index contributed by atoms with van der Waals surface area (Å²) in [7, 11) is 0. The molecule has 0 bridgehead atoms. The topological polar surface area (TPSA) is 75.9 Å². The molecule has 0 atom stereocenters. The van der Waals surface area contributed by atoms with Gasteiger partial charge in [0.05, 0.1) is 19.9 Å². The number of hydrogen-bond acceptors (Lipinski definition) is 4. The fraction of sp³-hybridized carbons (Fsp3) is 0.625. The van der Waals surface area contributed by atoms with Crippen molar-refractivity contribution < 1.29 is 14.3 Å². The maximum absolute atomic E-state index is 10.9. The summed E-state index contributed by atoms with van der Waals surface area (Å²) >= 11 is 0. The van der Waals surface area contributed by atoms with Crippen molar-refractivity contribution in [2.24, 2.45) is 5.73 Å². The Morgan fingerprint density at radius 3 is 2.43 bits per heavy atom. The molecule has 1 radical (unpaired) electrons. The van der Waals surface area contributed by atoms with Gasteiger partial charge in [0.1, 0.15) is 0 Å². The van der Waals surface area contributed by atoms with Gasteiger partial charge in [-0.05, 0) is 0 Å². The van der Waals surface area contributed by atoms with Gasteiger partial charge in [0.25, 0.3) is 0 Å². The third-order valence-corrected chi connectivity index (χ3v) is 2.01. The smallest absolute Gasteiger partial charge is 0.322 e. The molecule has 1 heterocycles. The molecule has 0 aliphatic carbocycles. The second-order valence-corrected chi connectivity index (χ2v) is 3.03. The monoisotopic (exact) mass is 200 g/mol. The van der Waals surface area contributed by atoms with Crippen LogP contribution in [-0.4, -0.2) is 54.7 Å². The van der Waals surface area contributed by atoms with Gasteiger partial charge in [-0.25, -0.2) is 4.79 Å². The minimum absolute atomic E-state index is 0.195. The average Bonchev–Trinajstić information content (AvgIpc) is 2.15. The Morgan fingerprint density at radius 1 is 1.43 bits per heavy atom. The van der Waals surface area contributed by atoms with Gasteiger partial charge in [-0.1, -0.05) is 0 Å². The molecule has 1 aliphatic heterocycles. The highest BCUT2D eigenvalue weighted by atomic mass is 16.5. The minimum Gasteiger partial charge on any atom is -0.379 e. The SMILES string of the molecule is [CH2]C(=O)N(CN1CCOCC1)C(N)=O. The number of amides is 3. The highest BCUT2D eigenvalue weighted by molar-refractivity contribution is 5.95. The predicted octanol–water partition coefficient (Wildman–Crippen LogP) is -0.983. The molecule has 0 unspecified atom stereocenters. The van der Waals surface area contributed by atoms with Crippen LogP contribution in [0.1, 0.15) is 0 Å². The summed E-state index contributed by atoms with van der Waals surface area (Å²) in [5.74, 6) is -0.580. The molecule has 1 fully saturated rings. The number of imide groups is 1. The molecule has 0 aromatic rings. The van der Waals surface area contributed by atoms with E-state index in [1.807, 2.05) is 4.90 Å². The van der Waals surface area contributed by atoms with Crippen molar-refractivity contribution in [3.8, 4) is 0 Å². The second kappa shape index (κ2) is 4.92. The molecule has 0 saturated carbocycles. The van der Waals surface area contributed by atoms with E-state index in [4.69, 9.17) is 10.5 Å². The van der Waals surface area contributed by atoms with Gasteiger partial charge < -0.3 is 10.5 Å². The van der Waals surface area contributed by atoms with Crippen LogP contribution in [-0.2, 0) is 9.53 Å². The summed E-state index contributed by atoms with van der Waals surface area (Å²) in [5, 5.41) is 0. The number of nitrogens with zero attached hydrogens (tertiary/aromatic N) is 2. The number of hydrogen-bond donors (Lipinski definition) is 1. The third-order valence-electron chi connectivity index (χ3n) is 2.01. The zero-order valence-corrected chi connectivity index (χ0v) is 7.94.